The van der Waals surface area contributed by atoms with Crippen LogP contribution in [0.2, 0.25) is 0 Å². The molecule has 0 fully saturated rings. The minimum Gasteiger partial charge on any atom is -0.456 e. The second-order valence-corrected chi connectivity index (χ2v) is 9.81. The lowest BCUT2D eigenvalue weighted by molar-refractivity contribution is 0.669. The lowest BCUT2D eigenvalue weighted by Crippen LogP contribution is -1.97. The third kappa shape index (κ3) is 2.49. The van der Waals surface area contributed by atoms with Crippen LogP contribution in [0.3, 0.4) is 0 Å². The van der Waals surface area contributed by atoms with Gasteiger partial charge in [-0.1, -0.05) is 84.9 Å². The van der Waals surface area contributed by atoms with Gasteiger partial charge in [0, 0.05) is 27.1 Å². The first kappa shape index (κ1) is 19.9. The highest BCUT2D eigenvalue weighted by Crippen LogP contribution is 2.45. The summed E-state index contributed by atoms with van der Waals surface area (Å²) in [5, 5.41) is 8.30. The molecule has 0 N–H and O–H groups in total. The molecule has 9 rings (SSSR count). The average molecular weight is 486 g/mol. The first-order valence-electron chi connectivity index (χ1n) is 12.8. The van der Waals surface area contributed by atoms with Crippen molar-refractivity contribution < 1.29 is 4.42 Å². The summed E-state index contributed by atoms with van der Waals surface area (Å²) in [7, 11) is 0. The number of aromatic nitrogens is 3. The van der Waals surface area contributed by atoms with Gasteiger partial charge in [0.1, 0.15) is 16.7 Å². The van der Waals surface area contributed by atoms with Crippen LogP contribution in [0.4, 0.5) is 0 Å². The van der Waals surface area contributed by atoms with Gasteiger partial charge in [-0.2, -0.15) is 0 Å². The molecule has 3 heterocycles. The highest BCUT2D eigenvalue weighted by molar-refractivity contribution is 6.34. The predicted octanol–water partition coefficient (Wildman–Crippen LogP) is 8.88. The van der Waals surface area contributed by atoms with Gasteiger partial charge in [-0.25, -0.2) is 9.97 Å². The molecule has 0 aliphatic carbocycles. The van der Waals surface area contributed by atoms with Crippen molar-refractivity contribution >= 4 is 65.4 Å². The highest BCUT2D eigenvalue weighted by Gasteiger charge is 2.22. The number of hydrogen-bond donors (Lipinski definition) is 0. The van der Waals surface area contributed by atoms with E-state index >= 15 is 0 Å². The molecule has 0 saturated heterocycles. The van der Waals surface area contributed by atoms with Crippen molar-refractivity contribution in [3.8, 4) is 17.1 Å². The molecular weight excluding hydrogens is 466 g/mol. The number of para-hydroxylation sites is 1. The molecule has 38 heavy (non-hydrogen) atoms. The van der Waals surface area contributed by atoms with E-state index in [0.717, 1.165) is 50.2 Å². The van der Waals surface area contributed by atoms with Gasteiger partial charge in [0.2, 0.25) is 0 Å². The molecule has 0 spiro atoms. The molecule has 0 aliphatic heterocycles. The minimum atomic E-state index is 0.730. The van der Waals surface area contributed by atoms with Crippen molar-refractivity contribution in [1.29, 1.82) is 0 Å². The Hall–Kier alpha value is -5.22. The SMILES string of the molecule is c1ccc(-c2ncc3c(n2)c2ccccc2n3-c2ccc3oc4cccc5c6ccccc6c2c3c45)cc1. The van der Waals surface area contributed by atoms with E-state index in [0.29, 0.717) is 0 Å². The zero-order valence-corrected chi connectivity index (χ0v) is 20.2. The Kier molecular flexibility index (Phi) is 3.76. The summed E-state index contributed by atoms with van der Waals surface area (Å²) in [6.45, 7) is 0. The normalized spacial score (nSPS) is 12.2. The van der Waals surface area contributed by atoms with Gasteiger partial charge in [0.05, 0.1) is 22.9 Å². The molecule has 0 bridgehead atoms. The summed E-state index contributed by atoms with van der Waals surface area (Å²) in [6.07, 6.45) is 1.97. The molecule has 176 valence electrons. The Morgan fingerprint density at radius 1 is 0.526 bits per heavy atom. The van der Waals surface area contributed by atoms with Gasteiger partial charge in [0.15, 0.2) is 5.82 Å². The van der Waals surface area contributed by atoms with Crippen LogP contribution in [0.1, 0.15) is 0 Å². The van der Waals surface area contributed by atoms with Crippen LogP contribution in [0.15, 0.2) is 120 Å². The molecule has 0 atom stereocenters. The fourth-order valence-corrected chi connectivity index (χ4v) is 6.24. The largest absolute Gasteiger partial charge is 0.456 e. The van der Waals surface area contributed by atoms with E-state index in [1.807, 2.05) is 24.4 Å². The van der Waals surface area contributed by atoms with Gasteiger partial charge >= 0.3 is 0 Å². The third-order valence-corrected chi connectivity index (χ3v) is 7.81. The quantitative estimate of drug-likeness (QED) is 0.230. The molecule has 0 saturated carbocycles. The average Bonchev–Trinajstić information content (AvgIpc) is 3.53. The first-order valence-corrected chi connectivity index (χ1v) is 12.8. The molecule has 4 nitrogen and oxygen atoms in total. The molecular formula is C34H19N3O. The van der Waals surface area contributed by atoms with Crippen molar-refractivity contribution in [3.05, 3.63) is 115 Å². The third-order valence-electron chi connectivity index (χ3n) is 7.81. The zero-order chi connectivity index (χ0) is 24.8. The van der Waals surface area contributed by atoms with Crippen molar-refractivity contribution in [1.82, 2.24) is 14.5 Å². The van der Waals surface area contributed by atoms with Crippen LogP contribution in [-0.2, 0) is 0 Å². The Bertz CT molecular complexity index is 2340. The standard InChI is InChI=1S/C34H19N3O/c1-2-9-20(10-3-1)34-35-19-27-33(36-34)24-13-6-7-15-25(24)37(27)26-17-18-29-32-30(26)22-12-5-4-11-21(22)23-14-8-16-28(38-29)31(23)32/h1-19H. The molecule has 9 aromatic rings. The van der Waals surface area contributed by atoms with Crippen molar-refractivity contribution in [2.24, 2.45) is 0 Å². The van der Waals surface area contributed by atoms with Gasteiger partial charge in [0.25, 0.3) is 0 Å². The smallest absolute Gasteiger partial charge is 0.159 e. The van der Waals surface area contributed by atoms with Crippen molar-refractivity contribution in [2.75, 3.05) is 0 Å². The van der Waals surface area contributed by atoms with Gasteiger partial charge in [-0.05, 0) is 40.4 Å². The maximum Gasteiger partial charge on any atom is 0.159 e. The fourth-order valence-electron chi connectivity index (χ4n) is 6.24. The molecule has 6 aromatic carbocycles. The Morgan fingerprint density at radius 3 is 2.13 bits per heavy atom. The summed E-state index contributed by atoms with van der Waals surface area (Å²) < 4.78 is 8.68. The summed E-state index contributed by atoms with van der Waals surface area (Å²) in [6, 6.07) is 37.9. The van der Waals surface area contributed by atoms with E-state index in [1.54, 1.807) is 0 Å². The molecule has 0 radical (unpaired) electrons. The van der Waals surface area contributed by atoms with E-state index in [4.69, 9.17) is 14.4 Å². The van der Waals surface area contributed by atoms with E-state index in [1.165, 1.54) is 32.3 Å². The molecule has 0 aliphatic rings. The van der Waals surface area contributed by atoms with Crippen molar-refractivity contribution in [3.63, 3.8) is 0 Å². The Morgan fingerprint density at radius 2 is 1.24 bits per heavy atom. The summed E-state index contributed by atoms with van der Waals surface area (Å²) >= 11 is 0. The van der Waals surface area contributed by atoms with E-state index in [-0.39, 0.29) is 0 Å². The van der Waals surface area contributed by atoms with Crippen molar-refractivity contribution in [2.45, 2.75) is 0 Å². The summed E-state index contributed by atoms with van der Waals surface area (Å²) in [4.78, 5) is 9.91. The number of rotatable bonds is 2. The Balaban J connectivity index is 1.47. The zero-order valence-electron chi connectivity index (χ0n) is 20.2. The maximum absolute atomic E-state index is 6.36. The first-order chi connectivity index (χ1) is 18.9. The fraction of sp³-hybridized carbons (Fsp3) is 0. The topological polar surface area (TPSA) is 43.9 Å². The Labute approximate surface area is 216 Å². The van der Waals surface area contributed by atoms with E-state index < -0.39 is 0 Å². The molecule has 3 aromatic heterocycles. The lowest BCUT2D eigenvalue weighted by atomic mass is 9.93. The predicted molar refractivity (Wildman–Crippen MR) is 155 cm³/mol. The van der Waals surface area contributed by atoms with Crippen LogP contribution in [-0.4, -0.2) is 14.5 Å². The van der Waals surface area contributed by atoms with E-state index in [2.05, 4.69) is 95.6 Å². The number of furan rings is 1. The molecule has 4 heteroatoms. The van der Waals surface area contributed by atoms with Crippen LogP contribution in [0, 0.1) is 0 Å². The highest BCUT2D eigenvalue weighted by atomic mass is 16.3. The molecule has 0 unspecified atom stereocenters. The second kappa shape index (κ2) is 7.17. The van der Waals surface area contributed by atoms with Crippen LogP contribution in [0.25, 0.3) is 82.5 Å². The lowest BCUT2D eigenvalue weighted by Gasteiger charge is -2.14. The monoisotopic (exact) mass is 485 g/mol. The molecule has 0 amide bonds. The number of fused-ring (bicyclic) bond motifs is 6. The maximum atomic E-state index is 6.36. The second-order valence-electron chi connectivity index (χ2n) is 9.81. The van der Waals surface area contributed by atoms with E-state index in [9.17, 15) is 0 Å². The van der Waals surface area contributed by atoms with Gasteiger partial charge < -0.3 is 8.98 Å². The number of nitrogens with zero attached hydrogens (tertiary/aromatic N) is 3. The van der Waals surface area contributed by atoms with Gasteiger partial charge in [-0.3, -0.25) is 0 Å². The summed E-state index contributed by atoms with van der Waals surface area (Å²) in [5.41, 5.74) is 6.97. The van der Waals surface area contributed by atoms with Crippen LogP contribution in [0.5, 0.6) is 0 Å². The van der Waals surface area contributed by atoms with Crippen LogP contribution >= 0.6 is 0 Å². The van der Waals surface area contributed by atoms with Gasteiger partial charge in [-0.15, -0.1) is 0 Å². The van der Waals surface area contributed by atoms with Crippen LogP contribution < -0.4 is 0 Å². The number of benzene rings is 6. The summed E-state index contributed by atoms with van der Waals surface area (Å²) in [5.74, 6) is 0.730. The number of hydrogen-bond acceptors (Lipinski definition) is 3. The minimum absolute atomic E-state index is 0.730.